The predicted molar refractivity (Wildman–Crippen MR) is 64.0 cm³/mol. The van der Waals surface area contributed by atoms with Crippen molar-refractivity contribution < 1.29 is 9.53 Å². The molecule has 1 saturated carbocycles. The number of ketones is 1. The maximum atomic E-state index is 11.7. The summed E-state index contributed by atoms with van der Waals surface area (Å²) < 4.78 is 5.16. The lowest BCUT2D eigenvalue weighted by Gasteiger charge is -2.18. The fraction of sp³-hybridized carbons (Fsp3) is 0.462. The number of hydrogen-bond acceptors (Lipinski definition) is 3. The Kier molecular flexibility index (Phi) is 3.13. The highest BCUT2D eigenvalue weighted by atomic mass is 16.5. The van der Waals surface area contributed by atoms with Gasteiger partial charge in [0.2, 0.25) is 0 Å². The number of anilines is 1. The highest BCUT2D eigenvalue weighted by Gasteiger charge is 2.29. The lowest BCUT2D eigenvalue weighted by atomic mass is 10.2. The number of carbonyl (C=O) groups is 1. The summed E-state index contributed by atoms with van der Waals surface area (Å²) in [4.78, 5) is 13.6. The van der Waals surface area contributed by atoms with E-state index in [1.54, 1.807) is 7.11 Å². The highest BCUT2D eigenvalue weighted by Crippen LogP contribution is 2.30. The number of ether oxygens (including phenoxy) is 1. The van der Waals surface area contributed by atoms with Crippen molar-refractivity contribution in [1.29, 1.82) is 0 Å². The van der Waals surface area contributed by atoms with Gasteiger partial charge in [0.25, 0.3) is 0 Å². The fourth-order valence-electron chi connectivity index (χ4n) is 1.71. The standard InChI is InChI=1S/C13H17NO2/c1-14(9-13(15)10-6-7-10)11-4-3-5-12(8-11)16-2/h3-5,8,10H,6-7,9H2,1-2H3. The van der Waals surface area contributed by atoms with Gasteiger partial charge in [0, 0.05) is 24.7 Å². The van der Waals surface area contributed by atoms with Crippen LogP contribution in [0.15, 0.2) is 24.3 Å². The SMILES string of the molecule is COc1cccc(N(C)CC(=O)C2CC2)c1. The van der Waals surface area contributed by atoms with Gasteiger partial charge in [0.1, 0.15) is 5.75 Å². The number of carbonyl (C=O) groups excluding carboxylic acids is 1. The van der Waals surface area contributed by atoms with Gasteiger partial charge in [0.05, 0.1) is 13.7 Å². The van der Waals surface area contributed by atoms with Crippen molar-refractivity contribution >= 4 is 11.5 Å². The molecule has 1 aromatic carbocycles. The maximum absolute atomic E-state index is 11.7. The third-order valence-electron chi connectivity index (χ3n) is 2.92. The zero-order valence-electron chi connectivity index (χ0n) is 9.77. The zero-order valence-corrected chi connectivity index (χ0v) is 9.77. The molecule has 3 heteroatoms. The summed E-state index contributed by atoms with van der Waals surface area (Å²) in [5.41, 5.74) is 1.02. The Morgan fingerprint density at radius 2 is 2.25 bits per heavy atom. The zero-order chi connectivity index (χ0) is 11.5. The number of Topliss-reactive ketones (excluding diaryl/α,β-unsaturated/α-hetero) is 1. The van der Waals surface area contributed by atoms with Crippen LogP contribution < -0.4 is 9.64 Å². The van der Waals surface area contributed by atoms with Crippen molar-refractivity contribution in [3.8, 4) is 5.75 Å². The van der Waals surface area contributed by atoms with Crippen LogP contribution in [0, 0.1) is 5.92 Å². The second kappa shape index (κ2) is 4.56. The first-order chi connectivity index (χ1) is 7.70. The topological polar surface area (TPSA) is 29.5 Å². The van der Waals surface area contributed by atoms with Gasteiger partial charge in [-0.15, -0.1) is 0 Å². The smallest absolute Gasteiger partial charge is 0.155 e. The minimum absolute atomic E-state index is 0.327. The van der Waals surface area contributed by atoms with E-state index in [0.29, 0.717) is 18.2 Å². The molecule has 0 radical (unpaired) electrons. The van der Waals surface area contributed by atoms with Crippen molar-refractivity contribution in [3.05, 3.63) is 24.3 Å². The predicted octanol–water partition coefficient (Wildman–Crippen LogP) is 2.11. The van der Waals surface area contributed by atoms with Gasteiger partial charge >= 0.3 is 0 Å². The van der Waals surface area contributed by atoms with Crippen molar-refractivity contribution in [2.24, 2.45) is 5.92 Å². The first-order valence-electron chi connectivity index (χ1n) is 5.58. The first-order valence-corrected chi connectivity index (χ1v) is 5.58. The number of rotatable bonds is 5. The first kappa shape index (κ1) is 11.0. The van der Waals surface area contributed by atoms with E-state index in [-0.39, 0.29) is 0 Å². The van der Waals surface area contributed by atoms with Crippen LogP contribution in [0.1, 0.15) is 12.8 Å². The van der Waals surface area contributed by atoms with Crippen molar-refractivity contribution in [2.75, 3.05) is 25.6 Å². The summed E-state index contributed by atoms with van der Waals surface area (Å²) in [7, 11) is 3.59. The molecule has 3 nitrogen and oxygen atoms in total. The van der Waals surface area contributed by atoms with Gasteiger partial charge < -0.3 is 9.64 Å². The lowest BCUT2D eigenvalue weighted by molar-refractivity contribution is -0.118. The monoisotopic (exact) mass is 219 g/mol. The van der Waals surface area contributed by atoms with Crippen LogP contribution in [-0.2, 0) is 4.79 Å². The third kappa shape index (κ3) is 2.54. The van der Waals surface area contributed by atoms with Crippen LogP contribution in [0.25, 0.3) is 0 Å². The second-order valence-electron chi connectivity index (χ2n) is 4.30. The quantitative estimate of drug-likeness (QED) is 0.759. The molecule has 0 saturated heterocycles. The van der Waals surface area contributed by atoms with Gasteiger partial charge in [-0.1, -0.05) is 6.07 Å². The van der Waals surface area contributed by atoms with Crippen LogP contribution in [0.2, 0.25) is 0 Å². The van der Waals surface area contributed by atoms with Gasteiger partial charge in [-0.05, 0) is 25.0 Å². The van der Waals surface area contributed by atoms with E-state index in [0.717, 1.165) is 24.3 Å². The van der Waals surface area contributed by atoms with E-state index >= 15 is 0 Å². The molecule has 0 aliphatic heterocycles. The highest BCUT2D eigenvalue weighted by molar-refractivity contribution is 5.87. The van der Waals surface area contributed by atoms with Crippen LogP contribution in [0.4, 0.5) is 5.69 Å². The molecule has 0 aromatic heterocycles. The van der Waals surface area contributed by atoms with Crippen LogP contribution in [-0.4, -0.2) is 26.5 Å². The molecule has 0 unspecified atom stereocenters. The lowest BCUT2D eigenvalue weighted by Crippen LogP contribution is -2.26. The van der Waals surface area contributed by atoms with E-state index in [2.05, 4.69) is 0 Å². The van der Waals surface area contributed by atoms with Crippen molar-refractivity contribution in [1.82, 2.24) is 0 Å². The molecule has 0 heterocycles. The van der Waals surface area contributed by atoms with E-state index in [1.807, 2.05) is 36.2 Å². The molecule has 1 aliphatic carbocycles. The van der Waals surface area contributed by atoms with Gasteiger partial charge in [-0.2, -0.15) is 0 Å². The minimum atomic E-state index is 0.327. The minimum Gasteiger partial charge on any atom is -0.497 e. The van der Waals surface area contributed by atoms with Gasteiger partial charge in [-0.25, -0.2) is 0 Å². The molecule has 0 atom stereocenters. The normalized spacial score (nSPS) is 14.6. The van der Waals surface area contributed by atoms with Crippen LogP contribution >= 0.6 is 0 Å². The van der Waals surface area contributed by atoms with Crippen molar-refractivity contribution in [3.63, 3.8) is 0 Å². The molecule has 0 spiro atoms. The Hall–Kier alpha value is -1.51. The van der Waals surface area contributed by atoms with Gasteiger partial charge in [0.15, 0.2) is 5.78 Å². The van der Waals surface area contributed by atoms with Gasteiger partial charge in [-0.3, -0.25) is 4.79 Å². The Bertz CT molecular complexity index is 385. The average Bonchev–Trinajstić information content (AvgIpc) is 3.13. The summed E-state index contributed by atoms with van der Waals surface area (Å²) in [6.45, 7) is 0.498. The third-order valence-corrected chi connectivity index (χ3v) is 2.92. The number of nitrogens with zero attached hydrogens (tertiary/aromatic N) is 1. The Labute approximate surface area is 96.0 Å². The summed E-state index contributed by atoms with van der Waals surface area (Å²) in [5, 5.41) is 0. The molecular weight excluding hydrogens is 202 g/mol. The molecule has 0 N–H and O–H groups in total. The van der Waals surface area contributed by atoms with Crippen LogP contribution in [0.5, 0.6) is 5.75 Å². The molecule has 0 amide bonds. The summed E-state index contributed by atoms with van der Waals surface area (Å²) in [6, 6.07) is 7.77. The average molecular weight is 219 g/mol. The Morgan fingerprint density at radius 1 is 1.50 bits per heavy atom. The number of likely N-dealkylation sites (N-methyl/N-ethyl adjacent to an activating group) is 1. The summed E-state index contributed by atoms with van der Waals surface area (Å²) >= 11 is 0. The van der Waals surface area contributed by atoms with E-state index in [1.165, 1.54) is 0 Å². The molecule has 2 rings (SSSR count). The molecule has 0 bridgehead atoms. The Balaban J connectivity index is 2.01. The van der Waals surface area contributed by atoms with E-state index in [9.17, 15) is 4.79 Å². The molecular formula is C13H17NO2. The molecule has 16 heavy (non-hydrogen) atoms. The molecule has 1 aliphatic rings. The fourth-order valence-corrected chi connectivity index (χ4v) is 1.71. The maximum Gasteiger partial charge on any atom is 0.155 e. The molecule has 1 aromatic rings. The largest absolute Gasteiger partial charge is 0.497 e. The van der Waals surface area contributed by atoms with E-state index in [4.69, 9.17) is 4.74 Å². The van der Waals surface area contributed by atoms with E-state index < -0.39 is 0 Å². The van der Waals surface area contributed by atoms with Crippen molar-refractivity contribution in [2.45, 2.75) is 12.8 Å². The number of methoxy groups -OCH3 is 1. The number of benzene rings is 1. The number of hydrogen-bond donors (Lipinski definition) is 0. The summed E-state index contributed by atoms with van der Waals surface area (Å²) in [5.74, 6) is 1.50. The second-order valence-corrected chi connectivity index (χ2v) is 4.30. The van der Waals surface area contributed by atoms with Crippen LogP contribution in [0.3, 0.4) is 0 Å². The molecule has 1 fully saturated rings. The Morgan fingerprint density at radius 3 is 2.88 bits per heavy atom. The summed E-state index contributed by atoms with van der Waals surface area (Å²) in [6.07, 6.45) is 2.15. The molecule has 86 valence electrons.